The molecule has 0 aromatic rings. The van der Waals surface area contributed by atoms with Crippen molar-refractivity contribution in [2.45, 2.75) is 70.6 Å². The molecule has 0 aromatic carbocycles. The maximum atomic E-state index is 11.7. The highest BCUT2D eigenvalue weighted by atomic mass is 16.4. The highest BCUT2D eigenvalue weighted by Crippen LogP contribution is 2.19. The average molecular weight is 312 g/mol. The van der Waals surface area contributed by atoms with Crippen LogP contribution in [-0.2, 0) is 9.59 Å². The second kappa shape index (κ2) is 11.5. The van der Waals surface area contributed by atoms with Crippen molar-refractivity contribution >= 4 is 11.9 Å². The van der Waals surface area contributed by atoms with E-state index in [4.69, 9.17) is 10.8 Å². The number of carbonyl (C=O) groups excluding carboxylic acids is 1. The van der Waals surface area contributed by atoms with Gasteiger partial charge in [-0.2, -0.15) is 0 Å². The summed E-state index contributed by atoms with van der Waals surface area (Å²) in [7, 11) is 0. The van der Waals surface area contributed by atoms with Gasteiger partial charge in [0.1, 0.15) is 0 Å². The third-order valence-electron chi connectivity index (χ3n) is 4.45. The highest BCUT2D eigenvalue weighted by Gasteiger charge is 2.33. The third-order valence-corrected chi connectivity index (χ3v) is 4.45. The van der Waals surface area contributed by atoms with Gasteiger partial charge in [-0.1, -0.05) is 51.4 Å². The molecule has 128 valence electrons. The van der Waals surface area contributed by atoms with E-state index in [1.54, 1.807) is 4.90 Å². The average Bonchev–Trinajstić information content (AvgIpc) is 2.86. The van der Waals surface area contributed by atoms with Crippen LogP contribution in [0.15, 0.2) is 0 Å². The van der Waals surface area contributed by atoms with Gasteiger partial charge in [0.05, 0.1) is 5.92 Å². The molecular weight excluding hydrogens is 280 g/mol. The molecule has 0 radical (unpaired) electrons. The van der Waals surface area contributed by atoms with E-state index in [1.165, 1.54) is 44.9 Å². The van der Waals surface area contributed by atoms with Crippen molar-refractivity contribution < 1.29 is 14.7 Å². The summed E-state index contributed by atoms with van der Waals surface area (Å²) < 4.78 is 0. The monoisotopic (exact) mass is 312 g/mol. The Morgan fingerprint density at radius 3 is 1.95 bits per heavy atom. The van der Waals surface area contributed by atoms with Crippen LogP contribution >= 0.6 is 0 Å². The Hall–Kier alpha value is -1.10. The van der Waals surface area contributed by atoms with E-state index in [2.05, 4.69) is 0 Å². The maximum Gasteiger partial charge on any atom is 0.308 e. The molecular formula is C17H32N2O3. The van der Waals surface area contributed by atoms with E-state index in [-0.39, 0.29) is 12.3 Å². The van der Waals surface area contributed by atoms with Crippen LogP contribution in [0.1, 0.15) is 70.6 Å². The lowest BCUT2D eigenvalue weighted by molar-refractivity contribution is -0.141. The first-order valence-electron chi connectivity index (χ1n) is 8.85. The molecule has 0 saturated carbocycles. The summed E-state index contributed by atoms with van der Waals surface area (Å²) in [6.07, 6.45) is 12.4. The van der Waals surface area contributed by atoms with Crippen LogP contribution in [0.3, 0.4) is 0 Å². The van der Waals surface area contributed by atoms with Gasteiger partial charge in [-0.15, -0.1) is 0 Å². The number of rotatable bonds is 13. The molecule has 1 heterocycles. The van der Waals surface area contributed by atoms with Crippen molar-refractivity contribution in [2.24, 2.45) is 11.7 Å². The normalized spacial score (nSPS) is 18.1. The first-order chi connectivity index (χ1) is 10.6. The molecule has 1 aliphatic rings. The number of hydrogen-bond acceptors (Lipinski definition) is 3. The van der Waals surface area contributed by atoms with Gasteiger partial charge in [0.25, 0.3) is 0 Å². The van der Waals surface area contributed by atoms with Gasteiger partial charge in [-0.05, 0) is 19.4 Å². The van der Waals surface area contributed by atoms with Gasteiger partial charge in [-0.25, -0.2) is 0 Å². The van der Waals surface area contributed by atoms with Crippen molar-refractivity contribution in [2.75, 3.05) is 19.6 Å². The number of carboxylic acid groups (broad SMARTS) is 1. The summed E-state index contributed by atoms with van der Waals surface area (Å²) in [5, 5.41) is 8.92. The Morgan fingerprint density at radius 2 is 1.50 bits per heavy atom. The molecule has 22 heavy (non-hydrogen) atoms. The summed E-state index contributed by atoms with van der Waals surface area (Å²) in [6.45, 7) is 1.94. The smallest absolute Gasteiger partial charge is 0.308 e. The lowest BCUT2D eigenvalue weighted by Crippen LogP contribution is -2.27. The number of hydrogen-bond donors (Lipinski definition) is 2. The van der Waals surface area contributed by atoms with Crippen molar-refractivity contribution in [1.29, 1.82) is 0 Å². The molecule has 1 aliphatic heterocycles. The Bertz CT molecular complexity index is 334. The molecule has 1 rings (SSSR count). The largest absolute Gasteiger partial charge is 0.481 e. The predicted molar refractivity (Wildman–Crippen MR) is 87.5 cm³/mol. The Kier molecular flexibility index (Phi) is 9.87. The molecule has 1 unspecified atom stereocenters. The number of likely N-dealkylation sites (tertiary alicyclic amines) is 1. The fourth-order valence-electron chi connectivity index (χ4n) is 3.01. The predicted octanol–water partition coefficient (Wildman–Crippen LogP) is 2.78. The van der Waals surface area contributed by atoms with Crippen LogP contribution in [0, 0.1) is 5.92 Å². The standard InChI is InChI=1S/C17H32N2O3/c18-11-9-7-5-3-1-2-4-6-8-10-12-19-14-15(17(21)22)13-16(19)20/h15H,1-14,18H2,(H,21,22). The van der Waals surface area contributed by atoms with Crippen LogP contribution in [0.5, 0.6) is 0 Å². The Morgan fingerprint density at radius 1 is 1.00 bits per heavy atom. The molecule has 0 aromatic heterocycles. The summed E-state index contributed by atoms with van der Waals surface area (Å²) in [5.74, 6) is -1.33. The van der Waals surface area contributed by atoms with Crippen LogP contribution in [0.4, 0.5) is 0 Å². The van der Waals surface area contributed by atoms with Crippen LogP contribution in [0.25, 0.3) is 0 Å². The fraction of sp³-hybridized carbons (Fsp3) is 0.882. The van der Waals surface area contributed by atoms with Crippen molar-refractivity contribution in [1.82, 2.24) is 4.90 Å². The molecule has 0 bridgehead atoms. The molecule has 5 nitrogen and oxygen atoms in total. The second-order valence-electron chi connectivity index (χ2n) is 6.40. The zero-order valence-electron chi connectivity index (χ0n) is 13.8. The lowest BCUT2D eigenvalue weighted by atomic mass is 10.1. The molecule has 1 atom stereocenters. The van der Waals surface area contributed by atoms with Gasteiger partial charge in [0.2, 0.25) is 5.91 Å². The molecule has 0 spiro atoms. The number of nitrogens with zero attached hydrogens (tertiary/aromatic N) is 1. The summed E-state index contributed by atoms with van der Waals surface area (Å²) in [5.41, 5.74) is 5.46. The van der Waals surface area contributed by atoms with Crippen LogP contribution in [-0.4, -0.2) is 41.5 Å². The van der Waals surface area contributed by atoms with Gasteiger partial charge in [-0.3, -0.25) is 9.59 Å². The number of nitrogens with two attached hydrogens (primary N) is 1. The SMILES string of the molecule is NCCCCCCCCCCCCN1CC(C(=O)O)CC1=O. The minimum atomic E-state index is -0.845. The molecule has 1 saturated heterocycles. The van der Waals surface area contributed by atoms with Crippen molar-refractivity contribution in [3.05, 3.63) is 0 Å². The van der Waals surface area contributed by atoms with E-state index in [1.807, 2.05) is 0 Å². The van der Waals surface area contributed by atoms with E-state index in [0.29, 0.717) is 6.54 Å². The zero-order valence-corrected chi connectivity index (χ0v) is 13.8. The lowest BCUT2D eigenvalue weighted by Gasteiger charge is -2.15. The number of aliphatic carboxylic acids is 1. The van der Waals surface area contributed by atoms with Gasteiger partial charge in [0.15, 0.2) is 0 Å². The Labute approximate surface area is 134 Å². The molecule has 1 fully saturated rings. The maximum absolute atomic E-state index is 11.7. The van der Waals surface area contributed by atoms with Crippen molar-refractivity contribution in [3.8, 4) is 0 Å². The number of amides is 1. The quantitative estimate of drug-likeness (QED) is 0.512. The number of carbonyl (C=O) groups is 2. The van der Waals surface area contributed by atoms with Crippen LogP contribution in [0.2, 0.25) is 0 Å². The van der Waals surface area contributed by atoms with E-state index >= 15 is 0 Å². The van der Waals surface area contributed by atoms with Gasteiger partial charge >= 0.3 is 5.97 Å². The fourth-order valence-corrected chi connectivity index (χ4v) is 3.01. The van der Waals surface area contributed by atoms with E-state index in [9.17, 15) is 9.59 Å². The first-order valence-corrected chi connectivity index (χ1v) is 8.85. The molecule has 1 amide bonds. The molecule has 3 N–H and O–H groups in total. The zero-order chi connectivity index (χ0) is 16.2. The van der Waals surface area contributed by atoms with E-state index in [0.717, 1.165) is 32.4 Å². The molecule has 5 heteroatoms. The topological polar surface area (TPSA) is 83.6 Å². The number of carboxylic acids is 1. The minimum Gasteiger partial charge on any atom is -0.481 e. The second-order valence-corrected chi connectivity index (χ2v) is 6.40. The van der Waals surface area contributed by atoms with Crippen LogP contribution < -0.4 is 5.73 Å². The number of unbranched alkanes of at least 4 members (excludes halogenated alkanes) is 9. The third kappa shape index (κ3) is 7.78. The summed E-state index contributed by atoms with van der Waals surface area (Å²) in [4.78, 5) is 24.2. The Balaban J connectivity index is 1.89. The minimum absolute atomic E-state index is 0.00452. The molecule has 0 aliphatic carbocycles. The highest BCUT2D eigenvalue weighted by molar-refractivity contribution is 5.86. The summed E-state index contributed by atoms with van der Waals surface area (Å²) in [6, 6.07) is 0. The van der Waals surface area contributed by atoms with Gasteiger partial charge in [0, 0.05) is 19.5 Å². The van der Waals surface area contributed by atoms with Crippen molar-refractivity contribution in [3.63, 3.8) is 0 Å². The first kappa shape index (κ1) is 18.9. The summed E-state index contributed by atoms with van der Waals surface area (Å²) >= 11 is 0. The van der Waals surface area contributed by atoms with Gasteiger partial charge < -0.3 is 15.7 Å². The van der Waals surface area contributed by atoms with E-state index < -0.39 is 11.9 Å².